The van der Waals surface area contributed by atoms with Gasteiger partial charge in [-0.15, -0.1) is 0 Å². The summed E-state index contributed by atoms with van der Waals surface area (Å²) in [7, 11) is 0. The van der Waals surface area contributed by atoms with Gasteiger partial charge in [0.1, 0.15) is 11.2 Å². The maximum absolute atomic E-state index is 6.44. The second kappa shape index (κ2) is 17.2. The summed E-state index contributed by atoms with van der Waals surface area (Å²) in [5.74, 6) is 0. The van der Waals surface area contributed by atoms with Crippen molar-refractivity contribution in [2.24, 2.45) is 0 Å². The third kappa shape index (κ3) is 7.79. The number of nitrogens with one attached hydrogen (secondary N) is 1. The molecule has 0 bridgehead atoms. The molecule has 12 aromatic rings. The van der Waals surface area contributed by atoms with Gasteiger partial charge in [0.05, 0.1) is 0 Å². The quantitative estimate of drug-likeness (QED) is 0.149. The molecule has 0 aliphatic rings. The molecule has 0 fully saturated rings. The Morgan fingerprint density at radius 3 is 1.42 bits per heavy atom. The van der Waals surface area contributed by atoms with Crippen molar-refractivity contribution in [3.8, 4) is 55.6 Å². The molecule has 0 aliphatic carbocycles. The average Bonchev–Trinajstić information content (AvgIpc) is 3.79. The predicted octanol–water partition coefficient (Wildman–Crippen LogP) is 18.3. The first-order chi connectivity index (χ1) is 33.2. The summed E-state index contributed by atoms with van der Waals surface area (Å²) in [5, 5.41) is 8.28. The van der Waals surface area contributed by atoms with Gasteiger partial charge in [0.15, 0.2) is 0 Å². The number of benzene rings is 11. The topological polar surface area (TPSA) is 28.4 Å². The third-order valence-electron chi connectivity index (χ3n) is 12.9. The zero-order valence-electron chi connectivity index (χ0n) is 36.7. The van der Waals surface area contributed by atoms with E-state index in [-0.39, 0.29) is 0 Å². The SMILES string of the molecule is c1ccc(-c2ccc(-c3ccc(N(c4ccc(-c5cccc(Nc6ccccc6-c6ccccc6)c5)cc4)c4ccc(-c5ccc6oc7c8ccccc8ccc7c6c5)cc4)cc3)cc2)cc1. The lowest BCUT2D eigenvalue weighted by molar-refractivity contribution is 0.672. The Kier molecular flexibility index (Phi) is 10.2. The molecule has 0 amide bonds. The van der Waals surface area contributed by atoms with Gasteiger partial charge >= 0.3 is 0 Å². The molecule has 3 heteroatoms. The van der Waals surface area contributed by atoms with Crippen molar-refractivity contribution >= 4 is 61.1 Å². The molecular weight excluding hydrogens is 813 g/mol. The number of fused-ring (bicyclic) bond motifs is 5. The molecule has 1 aromatic heterocycles. The van der Waals surface area contributed by atoms with Crippen LogP contribution in [0.15, 0.2) is 265 Å². The Labute approximate surface area is 390 Å². The van der Waals surface area contributed by atoms with Gasteiger partial charge in [0, 0.05) is 50.2 Å². The summed E-state index contributed by atoms with van der Waals surface area (Å²) in [6.45, 7) is 0. The van der Waals surface area contributed by atoms with Gasteiger partial charge in [-0.25, -0.2) is 0 Å². The lowest BCUT2D eigenvalue weighted by Gasteiger charge is -2.26. The summed E-state index contributed by atoms with van der Waals surface area (Å²) in [5.41, 5.74) is 18.9. The molecule has 1 heterocycles. The highest BCUT2D eigenvalue weighted by molar-refractivity contribution is 6.15. The van der Waals surface area contributed by atoms with Gasteiger partial charge in [-0.2, -0.15) is 0 Å². The molecule has 0 atom stereocenters. The molecule has 67 heavy (non-hydrogen) atoms. The fraction of sp³-hybridized carbons (Fsp3) is 0. The van der Waals surface area contributed by atoms with Crippen LogP contribution in [0.25, 0.3) is 88.3 Å². The molecule has 0 saturated heterocycles. The standard InChI is InChI=1S/C64H44N2O/c1-3-12-44(13-4-1)45-22-24-46(25-23-45)47-26-34-55(35-27-47)66(57-38-30-49(31-39-57)53-33-41-63-61(43-53)60-40-32-51-16-7-8-20-59(51)64(60)67-63)56-36-28-48(29-37-56)52-17-11-18-54(42-52)65-62-21-10-9-19-58(62)50-14-5-2-6-15-50/h1-43,65H. The van der Waals surface area contributed by atoms with E-state index in [1.165, 1.54) is 38.8 Å². The van der Waals surface area contributed by atoms with Crippen molar-refractivity contribution in [1.29, 1.82) is 0 Å². The number of nitrogens with zero attached hydrogens (tertiary/aromatic N) is 1. The summed E-state index contributed by atoms with van der Waals surface area (Å²) < 4.78 is 6.44. The Balaban J connectivity index is 0.868. The van der Waals surface area contributed by atoms with Gasteiger partial charge in [-0.3, -0.25) is 0 Å². The Bertz CT molecular complexity index is 3670. The minimum absolute atomic E-state index is 0.897. The van der Waals surface area contributed by atoms with Crippen LogP contribution in [0.1, 0.15) is 0 Å². The van der Waals surface area contributed by atoms with E-state index in [0.29, 0.717) is 0 Å². The molecule has 0 saturated carbocycles. The van der Waals surface area contributed by atoms with Crippen molar-refractivity contribution in [3.63, 3.8) is 0 Å². The summed E-state index contributed by atoms with van der Waals surface area (Å²) in [6, 6.07) is 93.1. The van der Waals surface area contributed by atoms with Crippen molar-refractivity contribution in [2.75, 3.05) is 10.2 Å². The molecule has 12 rings (SSSR count). The third-order valence-corrected chi connectivity index (χ3v) is 12.9. The maximum atomic E-state index is 6.44. The lowest BCUT2D eigenvalue weighted by atomic mass is 9.99. The van der Waals surface area contributed by atoms with E-state index in [4.69, 9.17) is 4.42 Å². The summed E-state index contributed by atoms with van der Waals surface area (Å²) in [4.78, 5) is 2.34. The monoisotopic (exact) mass is 856 g/mol. The van der Waals surface area contributed by atoms with Gasteiger partial charge < -0.3 is 14.6 Å². The molecular formula is C64H44N2O. The number of hydrogen-bond donors (Lipinski definition) is 1. The van der Waals surface area contributed by atoms with Crippen LogP contribution in [0.4, 0.5) is 28.4 Å². The summed E-state index contributed by atoms with van der Waals surface area (Å²) in [6.07, 6.45) is 0. The van der Waals surface area contributed by atoms with Crippen LogP contribution in [0.2, 0.25) is 0 Å². The molecule has 0 unspecified atom stereocenters. The van der Waals surface area contributed by atoms with E-state index in [0.717, 1.165) is 78.0 Å². The van der Waals surface area contributed by atoms with Crippen molar-refractivity contribution in [1.82, 2.24) is 0 Å². The van der Waals surface area contributed by atoms with Crippen molar-refractivity contribution < 1.29 is 4.42 Å². The lowest BCUT2D eigenvalue weighted by Crippen LogP contribution is -2.09. The van der Waals surface area contributed by atoms with Crippen molar-refractivity contribution in [3.05, 3.63) is 261 Å². The average molecular weight is 857 g/mol. The van der Waals surface area contributed by atoms with E-state index >= 15 is 0 Å². The molecule has 3 nitrogen and oxygen atoms in total. The second-order valence-corrected chi connectivity index (χ2v) is 17.0. The van der Waals surface area contributed by atoms with E-state index in [2.05, 4.69) is 271 Å². The number of anilines is 5. The van der Waals surface area contributed by atoms with E-state index in [1.54, 1.807) is 0 Å². The highest BCUT2D eigenvalue weighted by Gasteiger charge is 2.16. The molecule has 11 aromatic carbocycles. The number of para-hydroxylation sites is 1. The predicted molar refractivity (Wildman–Crippen MR) is 283 cm³/mol. The molecule has 0 aliphatic heterocycles. The molecule has 316 valence electrons. The normalized spacial score (nSPS) is 11.3. The number of hydrogen-bond acceptors (Lipinski definition) is 3. The highest BCUT2D eigenvalue weighted by Crippen LogP contribution is 2.40. The Hall–Kier alpha value is -8.92. The van der Waals surface area contributed by atoms with Gasteiger partial charge in [0.25, 0.3) is 0 Å². The molecule has 1 N–H and O–H groups in total. The Morgan fingerprint density at radius 2 is 0.776 bits per heavy atom. The van der Waals surface area contributed by atoms with Crippen LogP contribution in [0.5, 0.6) is 0 Å². The van der Waals surface area contributed by atoms with Crippen LogP contribution >= 0.6 is 0 Å². The van der Waals surface area contributed by atoms with Crippen LogP contribution in [0, 0.1) is 0 Å². The first kappa shape index (κ1) is 39.7. The first-order valence-electron chi connectivity index (χ1n) is 22.8. The summed E-state index contributed by atoms with van der Waals surface area (Å²) >= 11 is 0. The fourth-order valence-electron chi connectivity index (χ4n) is 9.42. The van der Waals surface area contributed by atoms with Gasteiger partial charge in [-0.05, 0) is 128 Å². The van der Waals surface area contributed by atoms with E-state index < -0.39 is 0 Å². The zero-order chi connectivity index (χ0) is 44.5. The second-order valence-electron chi connectivity index (χ2n) is 17.0. The fourth-order valence-corrected chi connectivity index (χ4v) is 9.42. The largest absolute Gasteiger partial charge is 0.455 e. The van der Waals surface area contributed by atoms with Gasteiger partial charge in [0.2, 0.25) is 0 Å². The maximum Gasteiger partial charge on any atom is 0.143 e. The minimum Gasteiger partial charge on any atom is -0.455 e. The van der Waals surface area contributed by atoms with Crippen LogP contribution in [0.3, 0.4) is 0 Å². The van der Waals surface area contributed by atoms with E-state index in [9.17, 15) is 0 Å². The van der Waals surface area contributed by atoms with Crippen LogP contribution < -0.4 is 10.2 Å². The molecule has 0 radical (unpaired) electrons. The number of rotatable bonds is 10. The van der Waals surface area contributed by atoms with E-state index in [1.807, 2.05) is 0 Å². The first-order valence-corrected chi connectivity index (χ1v) is 22.8. The van der Waals surface area contributed by atoms with Crippen LogP contribution in [-0.4, -0.2) is 0 Å². The smallest absolute Gasteiger partial charge is 0.143 e. The Morgan fingerprint density at radius 1 is 0.299 bits per heavy atom. The number of furan rings is 1. The molecule has 0 spiro atoms. The van der Waals surface area contributed by atoms with Crippen molar-refractivity contribution in [2.45, 2.75) is 0 Å². The highest BCUT2D eigenvalue weighted by atomic mass is 16.3. The zero-order valence-corrected chi connectivity index (χ0v) is 36.7. The minimum atomic E-state index is 0.897. The van der Waals surface area contributed by atoms with Gasteiger partial charge in [-0.1, -0.05) is 188 Å². The van der Waals surface area contributed by atoms with Crippen LogP contribution in [-0.2, 0) is 0 Å².